The van der Waals surface area contributed by atoms with Crippen molar-refractivity contribution in [1.29, 1.82) is 0 Å². The van der Waals surface area contributed by atoms with E-state index < -0.39 is 4.92 Å². The van der Waals surface area contributed by atoms with Gasteiger partial charge in [-0.1, -0.05) is 12.1 Å². The Balaban J connectivity index is 1.48. The maximum atomic E-state index is 12.1. The highest BCUT2D eigenvalue weighted by molar-refractivity contribution is 5.94. The number of hydrogen-bond acceptors (Lipinski definition) is 5. The molecule has 1 aromatic carbocycles. The zero-order valence-electron chi connectivity index (χ0n) is 14.0. The number of nitrogens with one attached hydrogen (secondary N) is 1. The molecule has 2 heterocycles. The van der Waals surface area contributed by atoms with E-state index in [4.69, 9.17) is 0 Å². The number of aromatic nitrogens is 4. The van der Waals surface area contributed by atoms with Gasteiger partial charge in [0.25, 0.3) is 5.91 Å². The molecule has 0 spiro atoms. The third-order valence-electron chi connectivity index (χ3n) is 3.80. The van der Waals surface area contributed by atoms with E-state index in [-0.39, 0.29) is 11.6 Å². The molecule has 0 radical (unpaired) electrons. The van der Waals surface area contributed by atoms with Gasteiger partial charge < -0.3 is 5.32 Å². The number of carbonyl (C=O) groups excluding carboxylic acids is 1. The summed E-state index contributed by atoms with van der Waals surface area (Å²) in [6.07, 6.45) is 6.99. The fourth-order valence-electron chi connectivity index (χ4n) is 2.46. The van der Waals surface area contributed by atoms with Crippen molar-refractivity contribution < 1.29 is 9.72 Å². The zero-order chi connectivity index (χ0) is 18.4. The first-order chi connectivity index (χ1) is 12.6. The van der Waals surface area contributed by atoms with Crippen LogP contribution in [-0.2, 0) is 13.1 Å². The molecule has 0 bridgehead atoms. The van der Waals surface area contributed by atoms with Crippen molar-refractivity contribution in [3.63, 3.8) is 0 Å². The average molecular weight is 354 g/mol. The monoisotopic (exact) mass is 354 g/mol. The van der Waals surface area contributed by atoms with Gasteiger partial charge in [0.15, 0.2) is 0 Å². The first-order valence-electron chi connectivity index (χ1n) is 8.13. The molecular weight excluding hydrogens is 336 g/mol. The lowest BCUT2D eigenvalue weighted by molar-refractivity contribution is -0.385. The molecule has 0 aliphatic rings. The molecule has 9 nitrogen and oxygen atoms in total. The maximum Gasteiger partial charge on any atom is 0.307 e. The first kappa shape index (κ1) is 17.3. The van der Waals surface area contributed by atoms with Crippen LogP contribution in [0.15, 0.2) is 55.1 Å². The molecule has 1 N–H and O–H groups in total. The molecule has 2 aromatic heterocycles. The number of amides is 1. The summed E-state index contributed by atoms with van der Waals surface area (Å²) >= 11 is 0. The second-order valence-electron chi connectivity index (χ2n) is 5.73. The fourth-order valence-corrected chi connectivity index (χ4v) is 2.46. The highest BCUT2D eigenvalue weighted by Gasteiger charge is 2.09. The molecule has 0 atom stereocenters. The number of carbonyl (C=O) groups is 1. The Morgan fingerprint density at radius 1 is 1.19 bits per heavy atom. The molecule has 0 saturated carbocycles. The normalized spacial score (nSPS) is 10.6. The minimum atomic E-state index is -0.483. The van der Waals surface area contributed by atoms with E-state index in [1.54, 1.807) is 18.3 Å². The standard InChI is InChI=1S/C17H18N6O3/c24-17(18-7-1-9-21-10-2-8-19-21)15-5-3-14(4-6-15)12-22-13-16(11-20-22)23(25)26/h2-6,8,10-11,13H,1,7,9,12H2,(H,18,24). The Bertz CT molecular complexity index is 870. The Hall–Kier alpha value is -3.49. The summed E-state index contributed by atoms with van der Waals surface area (Å²) in [5, 5.41) is 21.6. The highest BCUT2D eigenvalue weighted by Crippen LogP contribution is 2.11. The van der Waals surface area contributed by atoms with Gasteiger partial charge in [-0.2, -0.15) is 10.2 Å². The average Bonchev–Trinajstić information content (AvgIpc) is 3.31. The molecule has 1 amide bonds. The zero-order valence-corrected chi connectivity index (χ0v) is 14.0. The van der Waals surface area contributed by atoms with Crippen LogP contribution in [0, 0.1) is 10.1 Å². The van der Waals surface area contributed by atoms with Gasteiger partial charge in [-0.15, -0.1) is 0 Å². The second-order valence-corrected chi connectivity index (χ2v) is 5.73. The summed E-state index contributed by atoms with van der Waals surface area (Å²) in [5.41, 5.74) is 1.42. The van der Waals surface area contributed by atoms with Crippen molar-refractivity contribution in [2.24, 2.45) is 0 Å². The molecule has 0 saturated heterocycles. The minimum absolute atomic E-state index is 0.0453. The van der Waals surface area contributed by atoms with Gasteiger partial charge in [-0.05, 0) is 30.2 Å². The van der Waals surface area contributed by atoms with Crippen molar-refractivity contribution in [3.05, 3.63) is 76.4 Å². The molecule has 3 aromatic rings. The molecule has 134 valence electrons. The lowest BCUT2D eigenvalue weighted by atomic mass is 10.1. The number of nitrogens with zero attached hydrogens (tertiary/aromatic N) is 5. The third-order valence-corrected chi connectivity index (χ3v) is 3.80. The van der Waals surface area contributed by atoms with Crippen LogP contribution in [0.2, 0.25) is 0 Å². The Morgan fingerprint density at radius 2 is 2.00 bits per heavy atom. The van der Waals surface area contributed by atoms with Crippen LogP contribution in [0.5, 0.6) is 0 Å². The van der Waals surface area contributed by atoms with E-state index in [9.17, 15) is 14.9 Å². The number of aryl methyl sites for hydroxylation is 1. The summed E-state index contributed by atoms with van der Waals surface area (Å²) in [7, 11) is 0. The van der Waals surface area contributed by atoms with E-state index in [1.165, 1.54) is 17.1 Å². The third kappa shape index (κ3) is 4.53. The molecule has 0 aliphatic carbocycles. The SMILES string of the molecule is O=C(NCCCn1cccn1)c1ccc(Cn2cc([N+](=O)[O-])cn2)cc1. The van der Waals surface area contributed by atoms with Gasteiger partial charge in [-0.3, -0.25) is 24.3 Å². The van der Waals surface area contributed by atoms with Crippen molar-refractivity contribution >= 4 is 11.6 Å². The maximum absolute atomic E-state index is 12.1. The van der Waals surface area contributed by atoms with Crippen molar-refractivity contribution in [3.8, 4) is 0 Å². The van der Waals surface area contributed by atoms with Crippen LogP contribution in [0.25, 0.3) is 0 Å². The topological polar surface area (TPSA) is 108 Å². The Morgan fingerprint density at radius 3 is 2.65 bits per heavy atom. The molecule has 3 rings (SSSR count). The van der Waals surface area contributed by atoms with Gasteiger partial charge >= 0.3 is 5.69 Å². The fraction of sp³-hybridized carbons (Fsp3) is 0.235. The predicted octanol–water partition coefficient (Wildman–Crippen LogP) is 1.86. The minimum Gasteiger partial charge on any atom is -0.352 e. The van der Waals surface area contributed by atoms with Gasteiger partial charge in [0.2, 0.25) is 0 Å². The number of benzene rings is 1. The molecule has 9 heteroatoms. The molecular formula is C17H18N6O3. The van der Waals surface area contributed by atoms with Crippen LogP contribution in [0.4, 0.5) is 5.69 Å². The van der Waals surface area contributed by atoms with E-state index in [2.05, 4.69) is 15.5 Å². The lowest BCUT2D eigenvalue weighted by Crippen LogP contribution is -2.25. The molecule has 26 heavy (non-hydrogen) atoms. The molecule has 0 aliphatic heterocycles. The summed E-state index contributed by atoms with van der Waals surface area (Å²) in [5.74, 6) is -0.133. The molecule has 0 unspecified atom stereocenters. The summed E-state index contributed by atoms with van der Waals surface area (Å²) in [6, 6.07) is 8.95. The molecule has 0 fully saturated rings. The van der Waals surface area contributed by atoms with Crippen molar-refractivity contribution in [2.45, 2.75) is 19.5 Å². The highest BCUT2D eigenvalue weighted by atomic mass is 16.6. The lowest BCUT2D eigenvalue weighted by Gasteiger charge is -2.07. The summed E-state index contributed by atoms with van der Waals surface area (Å²) in [6.45, 7) is 1.72. The quantitative estimate of drug-likeness (QED) is 0.377. The smallest absolute Gasteiger partial charge is 0.307 e. The number of nitro groups is 1. The van der Waals surface area contributed by atoms with Crippen LogP contribution in [0.1, 0.15) is 22.3 Å². The van der Waals surface area contributed by atoms with E-state index in [1.807, 2.05) is 29.1 Å². The summed E-state index contributed by atoms with van der Waals surface area (Å²) < 4.78 is 3.31. The Labute approximate surface area is 149 Å². The van der Waals surface area contributed by atoms with Crippen molar-refractivity contribution in [1.82, 2.24) is 24.9 Å². The van der Waals surface area contributed by atoms with Gasteiger partial charge in [0.1, 0.15) is 12.4 Å². The van der Waals surface area contributed by atoms with E-state index in [0.717, 1.165) is 18.5 Å². The van der Waals surface area contributed by atoms with Crippen molar-refractivity contribution in [2.75, 3.05) is 6.54 Å². The van der Waals surface area contributed by atoms with Crippen LogP contribution >= 0.6 is 0 Å². The van der Waals surface area contributed by atoms with E-state index >= 15 is 0 Å². The van der Waals surface area contributed by atoms with Gasteiger partial charge in [0.05, 0.1) is 11.5 Å². The first-order valence-corrected chi connectivity index (χ1v) is 8.13. The van der Waals surface area contributed by atoms with E-state index in [0.29, 0.717) is 18.7 Å². The van der Waals surface area contributed by atoms with Crippen LogP contribution in [-0.4, -0.2) is 36.9 Å². The summed E-state index contributed by atoms with van der Waals surface area (Å²) in [4.78, 5) is 22.3. The largest absolute Gasteiger partial charge is 0.352 e. The van der Waals surface area contributed by atoms with Gasteiger partial charge in [-0.25, -0.2) is 0 Å². The van der Waals surface area contributed by atoms with Crippen LogP contribution in [0.3, 0.4) is 0 Å². The number of hydrogen-bond donors (Lipinski definition) is 1. The Kier molecular flexibility index (Phi) is 5.37. The van der Waals surface area contributed by atoms with Gasteiger partial charge in [0, 0.05) is 31.0 Å². The predicted molar refractivity (Wildman–Crippen MR) is 93.6 cm³/mol. The second kappa shape index (κ2) is 8.06. The number of rotatable bonds is 8. The van der Waals surface area contributed by atoms with Crippen LogP contribution < -0.4 is 5.32 Å².